The average molecular weight is 383 g/mol. The summed E-state index contributed by atoms with van der Waals surface area (Å²) in [6.07, 6.45) is 3.23. The van der Waals surface area contributed by atoms with Crippen molar-refractivity contribution in [2.45, 2.75) is 0 Å². The minimum atomic E-state index is -0.275. The SMILES string of the molecule is CN(C)c1ccc(C=C2SC(=S)N(/N=C/c3ccccc3O)C2=O)cc1. The number of benzene rings is 2. The van der Waals surface area contributed by atoms with Crippen molar-refractivity contribution in [1.82, 2.24) is 5.01 Å². The number of hydrazone groups is 1. The number of hydrogen-bond donors (Lipinski definition) is 1. The molecule has 26 heavy (non-hydrogen) atoms. The summed E-state index contributed by atoms with van der Waals surface area (Å²) < 4.78 is 0.359. The van der Waals surface area contributed by atoms with E-state index in [4.69, 9.17) is 12.2 Å². The molecule has 0 spiro atoms. The highest BCUT2D eigenvalue weighted by molar-refractivity contribution is 8.26. The van der Waals surface area contributed by atoms with Crippen LogP contribution in [0.15, 0.2) is 58.5 Å². The molecule has 132 valence electrons. The molecule has 0 aromatic heterocycles. The van der Waals surface area contributed by atoms with Crippen LogP contribution in [0.5, 0.6) is 5.75 Å². The molecule has 1 aliphatic heterocycles. The summed E-state index contributed by atoms with van der Waals surface area (Å²) in [5.74, 6) is -0.179. The number of thioether (sulfide) groups is 1. The van der Waals surface area contributed by atoms with Crippen molar-refractivity contribution in [2.24, 2.45) is 5.10 Å². The van der Waals surface area contributed by atoms with Crippen molar-refractivity contribution in [2.75, 3.05) is 19.0 Å². The lowest BCUT2D eigenvalue weighted by atomic mass is 10.2. The third-order valence-corrected chi connectivity index (χ3v) is 5.01. The van der Waals surface area contributed by atoms with Crippen LogP contribution in [0.2, 0.25) is 0 Å². The first-order chi connectivity index (χ1) is 12.5. The number of carbonyl (C=O) groups is 1. The van der Waals surface area contributed by atoms with Gasteiger partial charge in [0.15, 0.2) is 4.32 Å². The Kier molecular flexibility index (Phi) is 5.39. The molecule has 0 saturated carbocycles. The second-order valence-electron chi connectivity index (χ2n) is 5.78. The standard InChI is InChI=1S/C19H17N3O2S2/c1-21(2)15-9-7-13(8-10-15)11-17-18(24)22(19(25)26-17)20-12-14-5-3-4-6-16(14)23/h3-12,23H,1-2H3/b17-11?,20-12+. The minimum absolute atomic E-state index is 0.0956. The molecule has 3 rings (SSSR count). The molecule has 0 unspecified atom stereocenters. The Bertz CT molecular complexity index is 905. The first-order valence-electron chi connectivity index (χ1n) is 7.83. The second kappa shape index (κ2) is 7.72. The van der Waals surface area contributed by atoms with E-state index in [1.807, 2.05) is 43.3 Å². The molecule has 0 atom stereocenters. The van der Waals surface area contributed by atoms with Crippen molar-refractivity contribution >= 4 is 52.2 Å². The van der Waals surface area contributed by atoms with Crippen LogP contribution in [-0.2, 0) is 4.79 Å². The van der Waals surface area contributed by atoms with Gasteiger partial charge in [0.25, 0.3) is 5.91 Å². The zero-order valence-electron chi connectivity index (χ0n) is 14.3. The molecule has 0 bridgehead atoms. The summed E-state index contributed by atoms with van der Waals surface area (Å²) in [6.45, 7) is 0. The van der Waals surface area contributed by atoms with Gasteiger partial charge in [0.1, 0.15) is 5.75 Å². The fraction of sp³-hybridized carbons (Fsp3) is 0.105. The lowest BCUT2D eigenvalue weighted by molar-refractivity contribution is -0.122. The number of para-hydroxylation sites is 1. The van der Waals surface area contributed by atoms with E-state index in [-0.39, 0.29) is 11.7 Å². The van der Waals surface area contributed by atoms with E-state index >= 15 is 0 Å². The molecule has 0 radical (unpaired) electrons. The molecule has 1 aliphatic rings. The molecule has 1 heterocycles. The summed E-state index contributed by atoms with van der Waals surface area (Å²) in [5.41, 5.74) is 2.52. The van der Waals surface area contributed by atoms with Gasteiger partial charge in [-0.3, -0.25) is 4.79 Å². The van der Waals surface area contributed by atoms with E-state index in [0.29, 0.717) is 14.8 Å². The van der Waals surface area contributed by atoms with Gasteiger partial charge in [-0.1, -0.05) is 36.0 Å². The second-order valence-corrected chi connectivity index (χ2v) is 7.46. The van der Waals surface area contributed by atoms with Gasteiger partial charge in [0.2, 0.25) is 0 Å². The Balaban J connectivity index is 1.79. The van der Waals surface area contributed by atoms with Crippen molar-refractivity contribution in [3.05, 3.63) is 64.6 Å². The molecule has 2 aromatic rings. The number of phenolic OH excluding ortho intramolecular Hbond substituents is 1. The van der Waals surface area contributed by atoms with Gasteiger partial charge >= 0.3 is 0 Å². The third kappa shape index (κ3) is 3.95. The Morgan fingerprint density at radius 1 is 1.15 bits per heavy atom. The highest BCUT2D eigenvalue weighted by Gasteiger charge is 2.32. The fourth-order valence-corrected chi connectivity index (χ4v) is 3.47. The summed E-state index contributed by atoms with van der Waals surface area (Å²) in [4.78, 5) is 15.1. The van der Waals surface area contributed by atoms with Crippen molar-refractivity contribution in [1.29, 1.82) is 0 Å². The summed E-state index contributed by atoms with van der Waals surface area (Å²) in [7, 11) is 3.95. The molecular weight excluding hydrogens is 366 g/mol. The Morgan fingerprint density at radius 2 is 1.85 bits per heavy atom. The van der Waals surface area contributed by atoms with E-state index in [1.165, 1.54) is 23.0 Å². The summed E-state index contributed by atoms with van der Waals surface area (Å²) >= 11 is 6.47. The van der Waals surface area contributed by atoms with Crippen LogP contribution in [0.1, 0.15) is 11.1 Å². The Morgan fingerprint density at radius 3 is 2.50 bits per heavy atom. The van der Waals surface area contributed by atoms with Gasteiger partial charge in [-0.05, 0) is 48.1 Å². The topological polar surface area (TPSA) is 56.1 Å². The number of phenols is 1. The van der Waals surface area contributed by atoms with Crippen LogP contribution >= 0.6 is 24.0 Å². The van der Waals surface area contributed by atoms with Crippen molar-refractivity contribution < 1.29 is 9.90 Å². The van der Waals surface area contributed by atoms with Crippen LogP contribution in [0.3, 0.4) is 0 Å². The molecule has 1 N–H and O–H groups in total. The first-order valence-corrected chi connectivity index (χ1v) is 9.05. The number of hydrogen-bond acceptors (Lipinski definition) is 6. The summed E-state index contributed by atoms with van der Waals surface area (Å²) in [5, 5.41) is 15.1. The number of rotatable bonds is 4. The van der Waals surface area contributed by atoms with Gasteiger partial charge in [-0.15, -0.1) is 0 Å². The molecule has 2 aromatic carbocycles. The zero-order chi connectivity index (χ0) is 18.7. The third-order valence-electron chi connectivity index (χ3n) is 3.73. The number of aromatic hydroxyl groups is 1. The highest BCUT2D eigenvalue weighted by Crippen LogP contribution is 2.33. The smallest absolute Gasteiger partial charge is 0.286 e. The van der Waals surface area contributed by atoms with Gasteiger partial charge in [-0.25, -0.2) is 0 Å². The minimum Gasteiger partial charge on any atom is -0.507 e. The highest BCUT2D eigenvalue weighted by atomic mass is 32.2. The largest absolute Gasteiger partial charge is 0.507 e. The monoisotopic (exact) mass is 383 g/mol. The lowest BCUT2D eigenvalue weighted by Crippen LogP contribution is -2.22. The van der Waals surface area contributed by atoms with Crippen molar-refractivity contribution in [3.63, 3.8) is 0 Å². The predicted octanol–water partition coefficient (Wildman–Crippen LogP) is 3.69. The maximum absolute atomic E-state index is 12.6. The lowest BCUT2D eigenvalue weighted by Gasteiger charge is -2.11. The average Bonchev–Trinajstić information content (AvgIpc) is 2.88. The van der Waals surface area contributed by atoms with Gasteiger partial charge in [0.05, 0.1) is 11.1 Å². The Hall–Kier alpha value is -2.64. The first kappa shape index (κ1) is 18.2. The zero-order valence-corrected chi connectivity index (χ0v) is 15.9. The normalized spacial score (nSPS) is 16.1. The maximum atomic E-state index is 12.6. The maximum Gasteiger partial charge on any atom is 0.286 e. The number of nitrogens with zero attached hydrogens (tertiary/aromatic N) is 3. The molecular formula is C19H17N3O2S2. The molecule has 7 heteroatoms. The van der Waals surface area contributed by atoms with E-state index in [9.17, 15) is 9.90 Å². The molecule has 1 fully saturated rings. The van der Waals surface area contributed by atoms with E-state index in [1.54, 1.807) is 30.3 Å². The van der Waals surface area contributed by atoms with Crippen LogP contribution < -0.4 is 4.90 Å². The molecule has 1 amide bonds. The fourth-order valence-electron chi connectivity index (χ4n) is 2.30. The van der Waals surface area contributed by atoms with Gasteiger partial charge in [-0.2, -0.15) is 10.1 Å². The number of carbonyl (C=O) groups excluding carboxylic acids is 1. The van der Waals surface area contributed by atoms with Gasteiger partial charge < -0.3 is 10.0 Å². The molecule has 0 aliphatic carbocycles. The quantitative estimate of drug-likeness (QED) is 0.496. The molecule has 5 nitrogen and oxygen atoms in total. The van der Waals surface area contributed by atoms with Crippen LogP contribution in [0.25, 0.3) is 6.08 Å². The van der Waals surface area contributed by atoms with Crippen molar-refractivity contribution in [3.8, 4) is 5.75 Å². The predicted molar refractivity (Wildman–Crippen MR) is 111 cm³/mol. The number of amides is 1. The number of thiocarbonyl (C=S) groups is 1. The van der Waals surface area contributed by atoms with E-state index in [0.717, 1.165) is 11.3 Å². The van der Waals surface area contributed by atoms with Crippen LogP contribution in [-0.4, -0.2) is 40.7 Å². The summed E-state index contributed by atoms with van der Waals surface area (Å²) in [6, 6.07) is 14.6. The van der Waals surface area contributed by atoms with Gasteiger partial charge in [0, 0.05) is 25.3 Å². The van der Waals surface area contributed by atoms with E-state index < -0.39 is 0 Å². The molecule has 1 saturated heterocycles. The number of anilines is 1. The van der Waals surface area contributed by atoms with Crippen LogP contribution in [0.4, 0.5) is 5.69 Å². The van der Waals surface area contributed by atoms with E-state index in [2.05, 4.69) is 5.10 Å². The van der Waals surface area contributed by atoms with Crippen LogP contribution in [0, 0.1) is 0 Å². The Labute approximate surface area is 161 Å².